The van der Waals surface area contributed by atoms with E-state index in [9.17, 15) is 9.18 Å². The highest BCUT2D eigenvalue weighted by atomic mass is 35.5. The van der Waals surface area contributed by atoms with Crippen LogP contribution in [0.4, 0.5) is 15.8 Å². The number of carbonyl (C=O) groups excluding carboxylic acids is 1. The van der Waals surface area contributed by atoms with E-state index >= 15 is 0 Å². The second kappa shape index (κ2) is 6.59. The maximum Gasteiger partial charge on any atom is 0.260 e. The molecule has 0 bridgehead atoms. The van der Waals surface area contributed by atoms with E-state index in [2.05, 4.69) is 5.32 Å². The second-order valence-corrected chi connectivity index (χ2v) is 5.00. The van der Waals surface area contributed by atoms with Gasteiger partial charge in [-0.3, -0.25) is 4.79 Å². The molecule has 0 fully saturated rings. The van der Waals surface area contributed by atoms with Gasteiger partial charge in [0.25, 0.3) is 5.91 Å². The third-order valence-corrected chi connectivity index (χ3v) is 3.31. The second-order valence-electron chi connectivity index (χ2n) is 4.56. The molecule has 0 aromatic heterocycles. The molecular weight excluding hydrogens is 291 g/mol. The zero-order valence-corrected chi connectivity index (χ0v) is 12.6. The number of halogens is 2. The lowest BCUT2D eigenvalue weighted by molar-refractivity contribution is 0.0993. The van der Waals surface area contributed by atoms with Gasteiger partial charge in [0.1, 0.15) is 5.82 Å². The predicted molar refractivity (Wildman–Crippen MR) is 84.7 cm³/mol. The van der Waals surface area contributed by atoms with Crippen LogP contribution in [0, 0.1) is 5.82 Å². The summed E-state index contributed by atoms with van der Waals surface area (Å²) in [5.74, 6) is -0.635. The van der Waals surface area contributed by atoms with Crippen LogP contribution in [0.5, 0.6) is 0 Å². The monoisotopic (exact) mass is 306 g/mol. The average molecular weight is 307 g/mol. The first-order chi connectivity index (χ1) is 10.0. The summed E-state index contributed by atoms with van der Waals surface area (Å²) in [5.41, 5.74) is 1.65. The molecule has 2 rings (SSSR count). The number of rotatable bonds is 4. The van der Waals surface area contributed by atoms with Gasteiger partial charge in [-0.15, -0.1) is 0 Å². The fourth-order valence-electron chi connectivity index (χ4n) is 2.02. The van der Waals surface area contributed by atoms with Crippen molar-refractivity contribution >= 4 is 28.9 Å². The molecule has 1 N–H and O–H groups in total. The van der Waals surface area contributed by atoms with Crippen molar-refractivity contribution in [3.8, 4) is 0 Å². The number of hydrogen-bond donors (Lipinski definition) is 1. The van der Waals surface area contributed by atoms with Crippen molar-refractivity contribution < 1.29 is 9.18 Å². The minimum atomic E-state index is -0.384. The molecular formula is C16H16ClFN2O. The third kappa shape index (κ3) is 3.52. The molecule has 5 heteroatoms. The first-order valence-electron chi connectivity index (χ1n) is 6.60. The van der Waals surface area contributed by atoms with Gasteiger partial charge in [-0.05, 0) is 43.3 Å². The van der Waals surface area contributed by atoms with Gasteiger partial charge >= 0.3 is 0 Å². The summed E-state index contributed by atoms with van der Waals surface area (Å²) in [4.78, 5) is 14.0. The van der Waals surface area contributed by atoms with Gasteiger partial charge in [-0.1, -0.05) is 17.7 Å². The zero-order chi connectivity index (χ0) is 15.4. The Labute approximate surface area is 128 Å². The number of anilines is 2. The van der Waals surface area contributed by atoms with Gasteiger partial charge in [0.2, 0.25) is 0 Å². The Hall–Kier alpha value is -2.07. The van der Waals surface area contributed by atoms with Crippen LogP contribution in [0.3, 0.4) is 0 Å². The van der Waals surface area contributed by atoms with E-state index in [0.29, 0.717) is 28.5 Å². The first-order valence-corrected chi connectivity index (χ1v) is 6.97. The highest BCUT2D eigenvalue weighted by Crippen LogP contribution is 2.24. The molecule has 0 spiro atoms. The number of hydrogen-bond acceptors (Lipinski definition) is 2. The molecule has 0 saturated heterocycles. The van der Waals surface area contributed by atoms with Crippen molar-refractivity contribution in [2.24, 2.45) is 0 Å². The van der Waals surface area contributed by atoms with E-state index in [1.54, 1.807) is 37.4 Å². The van der Waals surface area contributed by atoms with Gasteiger partial charge in [-0.25, -0.2) is 4.39 Å². The molecule has 2 aromatic rings. The van der Waals surface area contributed by atoms with Crippen LogP contribution in [-0.2, 0) is 0 Å². The van der Waals surface area contributed by atoms with Gasteiger partial charge < -0.3 is 10.2 Å². The molecule has 0 unspecified atom stereocenters. The normalized spacial score (nSPS) is 10.3. The lowest BCUT2D eigenvalue weighted by atomic mass is 10.1. The first kappa shape index (κ1) is 15.3. The number of nitrogens with one attached hydrogen (secondary N) is 1. The van der Waals surface area contributed by atoms with Gasteiger partial charge in [0, 0.05) is 30.0 Å². The summed E-state index contributed by atoms with van der Waals surface area (Å²) in [6, 6.07) is 11.0. The van der Waals surface area contributed by atoms with Crippen LogP contribution in [-0.4, -0.2) is 19.5 Å². The van der Waals surface area contributed by atoms with E-state index in [-0.39, 0.29) is 11.7 Å². The number of amides is 1. The topological polar surface area (TPSA) is 32.3 Å². The van der Waals surface area contributed by atoms with E-state index in [1.807, 2.05) is 6.92 Å². The van der Waals surface area contributed by atoms with Crippen LogP contribution in [0.2, 0.25) is 5.02 Å². The molecule has 0 aliphatic rings. The lowest BCUT2D eigenvalue weighted by Gasteiger charge is -2.19. The van der Waals surface area contributed by atoms with E-state index in [0.717, 1.165) is 0 Å². The Balaban J connectivity index is 2.37. The number of nitrogens with zero attached hydrogens (tertiary/aromatic N) is 1. The molecule has 1 amide bonds. The van der Waals surface area contributed by atoms with Crippen molar-refractivity contribution in [2.75, 3.05) is 23.8 Å². The fourth-order valence-corrected chi connectivity index (χ4v) is 2.19. The van der Waals surface area contributed by atoms with Crippen molar-refractivity contribution in [3.63, 3.8) is 0 Å². The predicted octanol–water partition coefficient (Wildman–Crippen LogP) is 4.19. The Bertz CT molecular complexity index is 660. The van der Waals surface area contributed by atoms with Crippen molar-refractivity contribution in [2.45, 2.75) is 6.92 Å². The summed E-state index contributed by atoms with van der Waals surface area (Å²) in [6.45, 7) is 2.63. The summed E-state index contributed by atoms with van der Waals surface area (Å²) >= 11 is 5.98. The minimum absolute atomic E-state index is 0.251. The summed E-state index contributed by atoms with van der Waals surface area (Å²) < 4.78 is 13.3. The Kier molecular flexibility index (Phi) is 4.81. The van der Waals surface area contributed by atoms with Crippen LogP contribution in [0.1, 0.15) is 17.3 Å². The smallest absolute Gasteiger partial charge is 0.260 e. The average Bonchev–Trinajstić information content (AvgIpc) is 2.48. The third-order valence-electron chi connectivity index (χ3n) is 3.08. The SMILES string of the molecule is CCNc1ccc(Cl)cc1C(=O)N(C)c1cccc(F)c1. The fraction of sp³-hybridized carbons (Fsp3) is 0.188. The molecule has 110 valence electrons. The van der Waals surface area contributed by atoms with Crippen LogP contribution in [0.15, 0.2) is 42.5 Å². The summed E-state index contributed by atoms with van der Waals surface area (Å²) in [7, 11) is 1.60. The molecule has 0 heterocycles. The van der Waals surface area contributed by atoms with Gasteiger partial charge in [-0.2, -0.15) is 0 Å². The van der Waals surface area contributed by atoms with Crippen LogP contribution < -0.4 is 10.2 Å². The molecule has 2 aromatic carbocycles. The van der Waals surface area contributed by atoms with Gasteiger partial charge in [0.15, 0.2) is 0 Å². The maximum absolute atomic E-state index is 13.3. The Morgan fingerprint density at radius 3 is 2.71 bits per heavy atom. The molecule has 0 aliphatic heterocycles. The summed E-state index contributed by atoms with van der Waals surface area (Å²) in [6.07, 6.45) is 0. The van der Waals surface area contributed by atoms with Gasteiger partial charge in [0.05, 0.1) is 5.56 Å². The van der Waals surface area contributed by atoms with E-state index < -0.39 is 0 Å². The van der Waals surface area contributed by atoms with Crippen molar-refractivity contribution in [1.29, 1.82) is 0 Å². The molecule has 0 aliphatic carbocycles. The molecule has 0 atom stereocenters. The zero-order valence-electron chi connectivity index (χ0n) is 11.9. The van der Waals surface area contributed by atoms with Crippen molar-refractivity contribution in [1.82, 2.24) is 0 Å². The molecule has 0 saturated carbocycles. The minimum Gasteiger partial charge on any atom is -0.385 e. The Morgan fingerprint density at radius 2 is 2.05 bits per heavy atom. The standard InChI is InChI=1S/C16H16ClFN2O/c1-3-19-15-8-7-11(17)9-14(15)16(21)20(2)13-6-4-5-12(18)10-13/h4-10,19H,3H2,1-2H3. The molecule has 0 radical (unpaired) electrons. The quantitative estimate of drug-likeness (QED) is 0.918. The van der Waals surface area contributed by atoms with Crippen LogP contribution >= 0.6 is 11.6 Å². The lowest BCUT2D eigenvalue weighted by Crippen LogP contribution is -2.27. The number of carbonyl (C=O) groups is 1. The Morgan fingerprint density at radius 1 is 1.29 bits per heavy atom. The maximum atomic E-state index is 13.3. The summed E-state index contributed by atoms with van der Waals surface area (Å²) in [5, 5.41) is 3.60. The highest BCUT2D eigenvalue weighted by Gasteiger charge is 2.18. The molecule has 3 nitrogen and oxygen atoms in total. The van der Waals surface area contributed by atoms with Crippen LogP contribution in [0.25, 0.3) is 0 Å². The highest BCUT2D eigenvalue weighted by molar-refractivity contribution is 6.31. The van der Waals surface area contributed by atoms with Crippen molar-refractivity contribution in [3.05, 3.63) is 58.9 Å². The largest absolute Gasteiger partial charge is 0.385 e. The van der Waals surface area contributed by atoms with E-state index in [4.69, 9.17) is 11.6 Å². The number of benzene rings is 2. The molecule has 21 heavy (non-hydrogen) atoms. The van der Waals surface area contributed by atoms with E-state index in [1.165, 1.54) is 17.0 Å².